The summed E-state index contributed by atoms with van der Waals surface area (Å²) in [7, 11) is 0. The zero-order valence-electron chi connectivity index (χ0n) is 16.8. The highest BCUT2D eigenvalue weighted by Crippen LogP contribution is 2.44. The number of nitrogens with two attached hydrogens (primary N) is 1. The van der Waals surface area contributed by atoms with Crippen molar-refractivity contribution >= 4 is 17.5 Å². The summed E-state index contributed by atoms with van der Waals surface area (Å²) in [5, 5.41) is 2.95. The zero-order chi connectivity index (χ0) is 19.6. The molecule has 1 aromatic carbocycles. The van der Waals surface area contributed by atoms with E-state index in [1.54, 1.807) is 4.90 Å². The number of benzene rings is 1. The number of fused-ring (bicyclic) bond motifs is 1. The molecule has 5 heteroatoms. The molecule has 0 unspecified atom stereocenters. The van der Waals surface area contributed by atoms with E-state index in [2.05, 4.69) is 11.4 Å². The molecule has 1 heterocycles. The maximum absolute atomic E-state index is 13.1. The molecule has 3 N–H and O–H groups in total. The van der Waals surface area contributed by atoms with Gasteiger partial charge in [-0.2, -0.15) is 0 Å². The number of hydrogen-bond donors (Lipinski definition) is 2. The van der Waals surface area contributed by atoms with E-state index in [1.807, 2.05) is 39.0 Å². The predicted molar refractivity (Wildman–Crippen MR) is 109 cm³/mol. The van der Waals surface area contributed by atoms with Gasteiger partial charge in [0.05, 0.1) is 6.04 Å². The largest absolute Gasteiger partial charge is 0.350 e. The first-order valence-electron chi connectivity index (χ1n) is 10.2. The Bertz CT molecular complexity index is 689. The first kappa shape index (κ1) is 19.9. The molecule has 1 aliphatic carbocycles. The number of carbonyl (C=O) groups is 2. The molecule has 2 aliphatic rings. The van der Waals surface area contributed by atoms with E-state index in [0.29, 0.717) is 12.3 Å². The molecule has 0 radical (unpaired) electrons. The third kappa shape index (κ3) is 4.70. The molecule has 0 saturated heterocycles. The van der Waals surface area contributed by atoms with Crippen LogP contribution in [-0.2, 0) is 9.59 Å². The van der Waals surface area contributed by atoms with Crippen LogP contribution >= 0.6 is 0 Å². The van der Waals surface area contributed by atoms with Crippen LogP contribution in [0, 0.1) is 5.92 Å². The van der Waals surface area contributed by atoms with Gasteiger partial charge in [0.25, 0.3) is 0 Å². The Morgan fingerprint density at radius 3 is 2.52 bits per heavy atom. The molecule has 3 rings (SSSR count). The third-order valence-electron chi connectivity index (χ3n) is 5.75. The topological polar surface area (TPSA) is 75.4 Å². The molecular weight excluding hydrogens is 338 g/mol. The van der Waals surface area contributed by atoms with Gasteiger partial charge in [0, 0.05) is 11.2 Å². The second-order valence-electron chi connectivity index (χ2n) is 9.13. The Morgan fingerprint density at radius 2 is 1.85 bits per heavy atom. The van der Waals surface area contributed by atoms with E-state index in [4.69, 9.17) is 5.73 Å². The SMILES string of the molecule is CC(C)(C)NC(=O)CN1C(=O)[C@H](N)C[C@H](C2CCCCC2)c2ccccc21. The first-order chi connectivity index (χ1) is 12.8. The lowest BCUT2D eigenvalue weighted by Crippen LogP contribution is -2.50. The number of rotatable bonds is 3. The summed E-state index contributed by atoms with van der Waals surface area (Å²) in [6.45, 7) is 5.83. The number of para-hydroxylation sites is 1. The van der Waals surface area contributed by atoms with Crippen LogP contribution in [0.5, 0.6) is 0 Å². The standard InChI is InChI=1S/C22H33N3O2/c1-22(2,3)24-20(26)14-25-19-12-8-7-11-16(19)17(13-18(23)21(25)27)15-9-5-4-6-10-15/h7-8,11-12,15,17-18H,4-6,9-10,13-14,23H2,1-3H3,(H,24,26)/t17-,18-/m1/s1. The summed E-state index contributed by atoms with van der Waals surface area (Å²) >= 11 is 0. The Hall–Kier alpha value is -1.88. The van der Waals surface area contributed by atoms with Crippen LogP contribution in [0.1, 0.15) is 70.8 Å². The van der Waals surface area contributed by atoms with Gasteiger partial charge in [-0.1, -0.05) is 37.5 Å². The number of amides is 2. The van der Waals surface area contributed by atoms with Crippen molar-refractivity contribution in [1.82, 2.24) is 5.32 Å². The highest BCUT2D eigenvalue weighted by Gasteiger charge is 2.37. The fourth-order valence-corrected chi connectivity index (χ4v) is 4.61. The van der Waals surface area contributed by atoms with Gasteiger partial charge >= 0.3 is 0 Å². The lowest BCUT2D eigenvalue weighted by molar-refractivity contribution is -0.125. The van der Waals surface area contributed by atoms with Gasteiger partial charge < -0.3 is 16.0 Å². The molecule has 0 bridgehead atoms. The van der Waals surface area contributed by atoms with Crippen molar-refractivity contribution in [3.63, 3.8) is 0 Å². The minimum absolute atomic E-state index is 0.0121. The fraction of sp³-hybridized carbons (Fsp3) is 0.636. The summed E-state index contributed by atoms with van der Waals surface area (Å²) in [4.78, 5) is 27.2. The number of nitrogens with one attached hydrogen (secondary N) is 1. The van der Waals surface area contributed by atoms with Gasteiger partial charge in [0.15, 0.2) is 0 Å². The monoisotopic (exact) mass is 371 g/mol. The van der Waals surface area contributed by atoms with Crippen LogP contribution in [0.2, 0.25) is 0 Å². The van der Waals surface area contributed by atoms with Crippen LogP contribution in [0.15, 0.2) is 24.3 Å². The summed E-state index contributed by atoms with van der Waals surface area (Å²) in [5.74, 6) is 0.553. The Morgan fingerprint density at radius 1 is 1.19 bits per heavy atom. The molecule has 2 amide bonds. The van der Waals surface area contributed by atoms with E-state index in [1.165, 1.54) is 37.7 Å². The third-order valence-corrected chi connectivity index (χ3v) is 5.75. The molecule has 0 spiro atoms. The van der Waals surface area contributed by atoms with Crippen molar-refractivity contribution in [1.29, 1.82) is 0 Å². The first-order valence-corrected chi connectivity index (χ1v) is 10.2. The van der Waals surface area contributed by atoms with Crippen molar-refractivity contribution in [2.45, 2.75) is 76.8 Å². The number of hydrogen-bond acceptors (Lipinski definition) is 3. The molecule has 148 valence electrons. The van der Waals surface area contributed by atoms with Crippen molar-refractivity contribution in [2.75, 3.05) is 11.4 Å². The van der Waals surface area contributed by atoms with Crippen LogP contribution in [0.4, 0.5) is 5.69 Å². The van der Waals surface area contributed by atoms with Gasteiger partial charge in [0.1, 0.15) is 6.54 Å². The van der Waals surface area contributed by atoms with Gasteiger partial charge in [-0.3, -0.25) is 9.59 Å². The quantitative estimate of drug-likeness (QED) is 0.856. The van der Waals surface area contributed by atoms with Crippen molar-refractivity contribution < 1.29 is 9.59 Å². The van der Waals surface area contributed by atoms with Gasteiger partial charge in [-0.25, -0.2) is 0 Å². The summed E-state index contributed by atoms with van der Waals surface area (Å²) in [6, 6.07) is 7.49. The van der Waals surface area contributed by atoms with E-state index >= 15 is 0 Å². The average Bonchev–Trinajstić information content (AvgIpc) is 2.72. The maximum atomic E-state index is 13.1. The molecule has 1 saturated carbocycles. The van der Waals surface area contributed by atoms with Gasteiger partial charge in [-0.15, -0.1) is 0 Å². The highest BCUT2D eigenvalue weighted by atomic mass is 16.2. The lowest BCUT2D eigenvalue weighted by Gasteiger charge is -2.31. The van der Waals surface area contributed by atoms with E-state index in [9.17, 15) is 9.59 Å². The molecular formula is C22H33N3O2. The van der Waals surface area contributed by atoms with Gasteiger partial charge in [-0.05, 0) is 63.5 Å². The molecule has 1 aliphatic heterocycles. The highest BCUT2D eigenvalue weighted by molar-refractivity contribution is 6.02. The molecule has 1 fully saturated rings. The second kappa shape index (κ2) is 8.01. The van der Waals surface area contributed by atoms with Crippen molar-refractivity contribution in [3.8, 4) is 0 Å². The predicted octanol–water partition coefficient (Wildman–Crippen LogP) is 3.33. The minimum Gasteiger partial charge on any atom is -0.350 e. The normalized spacial score (nSPS) is 24.3. The van der Waals surface area contributed by atoms with E-state index in [-0.39, 0.29) is 29.8 Å². The number of anilines is 1. The van der Waals surface area contributed by atoms with Gasteiger partial charge in [0.2, 0.25) is 11.8 Å². The molecule has 27 heavy (non-hydrogen) atoms. The Labute approximate surface area is 162 Å². The smallest absolute Gasteiger partial charge is 0.244 e. The van der Waals surface area contributed by atoms with Crippen molar-refractivity contribution in [3.05, 3.63) is 29.8 Å². The van der Waals surface area contributed by atoms with Crippen LogP contribution in [-0.4, -0.2) is 29.9 Å². The lowest BCUT2D eigenvalue weighted by atomic mass is 9.74. The number of nitrogens with zero attached hydrogens (tertiary/aromatic N) is 1. The van der Waals surface area contributed by atoms with Crippen LogP contribution in [0.25, 0.3) is 0 Å². The molecule has 1 aromatic rings. The summed E-state index contributed by atoms with van der Waals surface area (Å²) in [6.07, 6.45) is 6.87. The summed E-state index contributed by atoms with van der Waals surface area (Å²) in [5.41, 5.74) is 8.02. The van der Waals surface area contributed by atoms with Crippen LogP contribution < -0.4 is 16.0 Å². The molecule has 2 atom stereocenters. The van der Waals surface area contributed by atoms with E-state index < -0.39 is 6.04 Å². The molecule has 5 nitrogen and oxygen atoms in total. The maximum Gasteiger partial charge on any atom is 0.244 e. The Balaban J connectivity index is 1.92. The zero-order valence-corrected chi connectivity index (χ0v) is 16.8. The van der Waals surface area contributed by atoms with Crippen LogP contribution in [0.3, 0.4) is 0 Å². The second-order valence-corrected chi connectivity index (χ2v) is 9.13. The Kier molecular flexibility index (Phi) is 5.89. The number of carbonyl (C=O) groups excluding carboxylic acids is 2. The summed E-state index contributed by atoms with van der Waals surface area (Å²) < 4.78 is 0. The molecule has 0 aromatic heterocycles. The van der Waals surface area contributed by atoms with E-state index in [0.717, 1.165) is 5.69 Å². The van der Waals surface area contributed by atoms with Crippen molar-refractivity contribution in [2.24, 2.45) is 11.7 Å². The average molecular weight is 372 g/mol. The minimum atomic E-state index is -0.563. The fourth-order valence-electron chi connectivity index (χ4n) is 4.61.